The van der Waals surface area contributed by atoms with Gasteiger partial charge in [0.15, 0.2) is 0 Å². The number of esters is 2. The first kappa shape index (κ1) is 19.6. The third kappa shape index (κ3) is 8.49. The zero-order chi connectivity index (χ0) is 16.1. The van der Waals surface area contributed by atoms with Crippen molar-refractivity contribution >= 4 is 11.9 Å². The van der Waals surface area contributed by atoms with E-state index in [-0.39, 0.29) is 23.8 Å². The number of allylic oxidation sites excluding steroid dienone is 2. The Balaban J connectivity index is 4.32. The molecule has 0 aromatic rings. The topological polar surface area (TPSA) is 43.4 Å². The van der Waals surface area contributed by atoms with Crippen molar-refractivity contribution < 1.29 is 14.3 Å². The third-order valence-corrected chi connectivity index (χ3v) is 3.78. The summed E-state index contributed by atoms with van der Waals surface area (Å²) >= 11 is 0. The van der Waals surface area contributed by atoms with E-state index >= 15 is 0 Å². The van der Waals surface area contributed by atoms with E-state index in [4.69, 9.17) is 4.74 Å². The van der Waals surface area contributed by atoms with Gasteiger partial charge in [-0.2, -0.15) is 0 Å². The summed E-state index contributed by atoms with van der Waals surface area (Å²) < 4.78 is 5.09. The summed E-state index contributed by atoms with van der Waals surface area (Å²) in [5.41, 5.74) is 0. The summed E-state index contributed by atoms with van der Waals surface area (Å²) in [5.74, 6) is -1.10. The molecular formula is C18H30O3. The minimum Gasteiger partial charge on any atom is -0.393 e. The van der Waals surface area contributed by atoms with E-state index in [0.717, 1.165) is 38.5 Å². The predicted molar refractivity (Wildman–Crippen MR) is 86.8 cm³/mol. The van der Waals surface area contributed by atoms with Crippen LogP contribution in [-0.4, -0.2) is 11.9 Å². The molecule has 0 heterocycles. The Labute approximate surface area is 129 Å². The van der Waals surface area contributed by atoms with Crippen LogP contribution in [0.3, 0.4) is 0 Å². The maximum absolute atomic E-state index is 12.0. The number of rotatable bonds is 12. The maximum Gasteiger partial charge on any atom is 0.316 e. The van der Waals surface area contributed by atoms with Gasteiger partial charge in [-0.05, 0) is 51.4 Å². The summed E-state index contributed by atoms with van der Waals surface area (Å²) in [4.78, 5) is 24.1. The predicted octanol–water partition coefficient (Wildman–Crippen LogP) is 4.82. The Kier molecular flexibility index (Phi) is 11.6. The van der Waals surface area contributed by atoms with Crippen LogP contribution in [0.5, 0.6) is 0 Å². The number of hydrogen-bond donors (Lipinski definition) is 0. The lowest BCUT2D eigenvalue weighted by atomic mass is 9.98. The Morgan fingerprint density at radius 1 is 0.905 bits per heavy atom. The van der Waals surface area contributed by atoms with Crippen LogP contribution < -0.4 is 0 Å². The fourth-order valence-electron chi connectivity index (χ4n) is 2.26. The molecule has 0 aliphatic rings. The molecule has 0 N–H and O–H groups in total. The van der Waals surface area contributed by atoms with Crippen molar-refractivity contribution in [1.29, 1.82) is 0 Å². The Morgan fingerprint density at radius 3 is 1.57 bits per heavy atom. The molecule has 0 spiro atoms. The summed E-state index contributed by atoms with van der Waals surface area (Å²) in [6.45, 7) is 11.2. The lowest BCUT2D eigenvalue weighted by molar-refractivity contribution is -0.166. The molecular weight excluding hydrogens is 264 g/mol. The quantitative estimate of drug-likeness (QED) is 0.224. The second kappa shape index (κ2) is 12.4. The largest absolute Gasteiger partial charge is 0.393 e. The highest BCUT2D eigenvalue weighted by atomic mass is 16.6. The van der Waals surface area contributed by atoms with Crippen molar-refractivity contribution in [3.63, 3.8) is 0 Å². The molecule has 0 radical (unpaired) electrons. The van der Waals surface area contributed by atoms with Crippen LogP contribution in [0.4, 0.5) is 0 Å². The zero-order valence-corrected chi connectivity index (χ0v) is 13.6. The van der Waals surface area contributed by atoms with Gasteiger partial charge in [-0.3, -0.25) is 9.59 Å². The highest BCUT2D eigenvalue weighted by Crippen LogP contribution is 2.19. The molecule has 0 bridgehead atoms. The zero-order valence-electron chi connectivity index (χ0n) is 13.6. The molecule has 3 nitrogen and oxygen atoms in total. The lowest BCUT2D eigenvalue weighted by Gasteiger charge is -2.16. The highest BCUT2D eigenvalue weighted by Gasteiger charge is 2.25. The maximum atomic E-state index is 12.0. The van der Waals surface area contributed by atoms with Gasteiger partial charge in [0.25, 0.3) is 0 Å². The molecule has 2 unspecified atom stereocenters. The molecule has 2 atom stereocenters. The average Bonchev–Trinajstić information content (AvgIpc) is 2.48. The van der Waals surface area contributed by atoms with Crippen molar-refractivity contribution in [2.24, 2.45) is 11.8 Å². The van der Waals surface area contributed by atoms with Crippen molar-refractivity contribution in [3.8, 4) is 0 Å². The molecule has 0 fully saturated rings. The van der Waals surface area contributed by atoms with E-state index in [1.165, 1.54) is 0 Å². The number of hydrogen-bond acceptors (Lipinski definition) is 3. The molecule has 0 aliphatic heterocycles. The first-order valence-corrected chi connectivity index (χ1v) is 8.07. The first-order chi connectivity index (χ1) is 10.1. The normalized spacial score (nSPS) is 13.2. The van der Waals surface area contributed by atoms with Gasteiger partial charge >= 0.3 is 11.9 Å². The van der Waals surface area contributed by atoms with Crippen LogP contribution >= 0.6 is 0 Å². The van der Waals surface area contributed by atoms with Gasteiger partial charge < -0.3 is 4.74 Å². The molecule has 0 saturated carbocycles. The van der Waals surface area contributed by atoms with Crippen molar-refractivity contribution in [1.82, 2.24) is 0 Å². The number of unbranched alkanes of at least 4 members (excludes halogenated alkanes) is 2. The molecule has 0 aromatic carbocycles. The van der Waals surface area contributed by atoms with Gasteiger partial charge in [0.05, 0.1) is 11.8 Å². The van der Waals surface area contributed by atoms with Crippen molar-refractivity contribution in [2.45, 2.75) is 65.2 Å². The van der Waals surface area contributed by atoms with E-state index in [1.807, 2.05) is 26.0 Å². The molecule has 120 valence electrons. The number of ether oxygens (including phenoxy) is 1. The molecule has 3 heteroatoms. The van der Waals surface area contributed by atoms with Gasteiger partial charge in [0, 0.05) is 0 Å². The smallest absolute Gasteiger partial charge is 0.316 e. The summed E-state index contributed by atoms with van der Waals surface area (Å²) in [7, 11) is 0. The molecule has 21 heavy (non-hydrogen) atoms. The highest BCUT2D eigenvalue weighted by molar-refractivity contribution is 5.87. The monoisotopic (exact) mass is 294 g/mol. The van der Waals surface area contributed by atoms with E-state index in [0.29, 0.717) is 12.8 Å². The Morgan fingerprint density at radius 2 is 1.29 bits per heavy atom. The molecule has 0 aromatic heterocycles. The minimum absolute atomic E-state index is 0.181. The molecule has 0 amide bonds. The van der Waals surface area contributed by atoms with Crippen LogP contribution in [-0.2, 0) is 14.3 Å². The van der Waals surface area contributed by atoms with E-state index in [9.17, 15) is 9.59 Å². The van der Waals surface area contributed by atoms with Crippen LogP contribution in [0.15, 0.2) is 25.3 Å². The van der Waals surface area contributed by atoms with Crippen molar-refractivity contribution in [2.75, 3.05) is 0 Å². The number of carbonyl (C=O) groups excluding carboxylic acids is 2. The second-order valence-electron chi connectivity index (χ2n) is 5.39. The van der Waals surface area contributed by atoms with Gasteiger partial charge in [-0.25, -0.2) is 0 Å². The number of carbonyl (C=O) groups is 2. The van der Waals surface area contributed by atoms with Gasteiger partial charge in [-0.1, -0.05) is 26.0 Å². The summed E-state index contributed by atoms with van der Waals surface area (Å²) in [5, 5.41) is 0. The standard InChI is InChI=1S/C18H30O3/c1-5-9-11-13-15(7-3)17(19)21-18(20)16(8-4)14-12-10-6-2/h5-6,15-16H,1-2,7-14H2,3-4H3. The lowest BCUT2D eigenvalue weighted by Crippen LogP contribution is -2.25. The molecule has 0 aliphatic carbocycles. The van der Waals surface area contributed by atoms with Crippen LogP contribution in [0.25, 0.3) is 0 Å². The van der Waals surface area contributed by atoms with Gasteiger partial charge in [0.1, 0.15) is 0 Å². The fourth-order valence-corrected chi connectivity index (χ4v) is 2.26. The van der Waals surface area contributed by atoms with E-state index in [2.05, 4.69) is 13.2 Å². The van der Waals surface area contributed by atoms with Gasteiger partial charge in [-0.15, -0.1) is 13.2 Å². The Hall–Kier alpha value is -1.38. The average molecular weight is 294 g/mol. The van der Waals surface area contributed by atoms with Gasteiger partial charge in [0.2, 0.25) is 0 Å². The SMILES string of the molecule is C=CCCCC(CC)C(=O)OC(=O)C(CC)CCCC=C. The van der Waals surface area contributed by atoms with Crippen LogP contribution in [0.2, 0.25) is 0 Å². The summed E-state index contributed by atoms with van der Waals surface area (Å²) in [6.07, 6.45) is 10.2. The van der Waals surface area contributed by atoms with E-state index < -0.39 is 0 Å². The molecule has 0 saturated heterocycles. The van der Waals surface area contributed by atoms with Crippen LogP contribution in [0, 0.1) is 11.8 Å². The first-order valence-electron chi connectivity index (χ1n) is 8.07. The Bertz CT molecular complexity index is 301. The van der Waals surface area contributed by atoms with E-state index in [1.54, 1.807) is 0 Å². The minimum atomic E-state index is -0.367. The van der Waals surface area contributed by atoms with Crippen LogP contribution in [0.1, 0.15) is 65.2 Å². The fraction of sp³-hybridized carbons (Fsp3) is 0.667. The van der Waals surface area contributed by atoms with Crippen molar-refractivity contribution in [3.05, 3.63) is 25.3 Å². The molecule has 0 rings (SSSR count). The summed E-state index contributed by atoms with van der Waals surface area (Å²) in [6, 6.07) is 0. The third-order valence-electron chi connectivity index (χ3n) is 3.78. The second-order valence-corrected chi connectivity index (χ2v) is 5.39.